The highest BCUT2D eigenvalue weighted by Crippen LogP contribution is 2.40. The fraction of sp³-hybridized carbons (Fsp3) is 0.146. The number of azo groups is 2. The number of quaternary nitrogens is 2. The van der Waals surface area contributed by atoms with Gasteiger partial charge in [-0.05, 0) is 95.7 Å². The van der Waals surface area contributed by atoms with Crippen molar-refractivity contribution in [3.63, 3.8) is 0 Å². The van der Waals surface area contributed by atoms with E-state index in [1.54, 1.807) is 60.7 Å². The van der Waals surface area contributed by atoms with Gasteiger partial charge in [-0.3, -0.25) is 8.97 Å². The molecule has 0 saturated heterocycles. The van der Waals surface area contributed by atoms with Crippen molar-refractivity contribution in [2.75, 3.05) is 52.9 Å². The van der Waals surface area contributed by atoms with Gasteiger partial charge in [0, 0.05) is 34.3 Å². The second-order valence-corrected chi connectivity index (χ2v) is 14.7. The predicted molar refractivity (Wildman–Crippen MR) is 220 cm³/mol. The number of aromatic nitrogens is 3. The van der Waals surface area contributed by atoms with E-state index in [0.29, 0.717) is 43.1 Å². The Morgan fingerprint density at radius 2 is 0.836 bits per heavy atom. The number of rotatable bonds is 10. The molecule has 0 radical (unpaired) electrons. The number of phenolic OH excluding ortho intramolecular Hbond substituents is 2. The van der Waals surface area contributed by atoms with Gasteiger partial charge in [-0.2, -0.15) is 25.2 Å². The van der Waals surface area contributed by atoms with Crippen LogP contribution in [0.3, 0.4) is 0 Å². The molecule has 0 atom stereocenters. The van der Waals surface area contributed by atoms with E-state index in [4.69, 9.17) is 0 Å². The van der Waals surface area contributed by atoms with Crippen LogP contribution in [-0.4, -0.2) is 72.6 Å². The largest absolute Gasteiger partial charge is 0.506 e. The molecule has 0 unspecified atom stereocenters. The van der Waals surface area contributed by atoms with Crippen LogP contribution in [0.1, 0.15) is 0 Å². The molecule has 14 heteroatoms. The van der Waals surface area contributed by atoms with Gasteiger partial charge in [0.2, 0.25) is 11.9 Å². The van der Waals surface area contributed by atoms with Gasteiger partial charge in [-0.1, -0.05) is 12.1 Å². The third-order valence-corrected chi connectivity index (χ3v) is 8.86. The number of hydrogen-bond donors (Lipinski definition) is 5. The summed E-state index contributed by atoms with van der Waals surface area (Å²) in [5.74, 6) is 0.320. The van der Waals surface area contributed by atoms with Crippen molar-refractivity contribution in [3.8, 4) is 17.5 Å². The first-order valence-corrected chi connectivity index (χ1v) is 17.4. The summed E-state index contributed by atoms with van der Waals surface area (Å²) < 4.78 is 1.24. The average Bonchev–Trinajstić information content (AvgIpc) is 3.14. The Morgan fingerprint density at radius 3 is 1.22 bits per heavy atom. The third kappa shape index (κ3) is 8.30. The molecule has 0 fully saturated rings. The minimum Gasteiger partial charge on any atom is -0.506 e. The van der Waals surface area contributed by atoms with Crippen LogP contribution in [-0.2, 0) is 0 Å². The van der Waals surface area contributed by atoms with Crippen molar-refractivity contribution in [1.82, 2.24) is 23.9 Å². The lowest BCUT2D eigenvalue weighted by Crippen LogP contribution is -2.34. The van der Waals surface area contributed by atoms with E-state index in [1.807, 2.05) is 36.4 Å². The summed E-state index contributed by atoms with van der Waals surface area (Å²) in [7, 11) is 12.5. The van der Waals surface area contributed by atoms with Crippen LogP contribution in [0, 0.1) is 0 Å². The molecule has 0 aliphatic rings. The Labute approximate surface area is 317 Å². The Hall–Kier alpha value is -7.03. The fourth-order valence-electron chi connectivity index (χ4n) is 5.78. The Kier molecular flexibility index (Phi) is 9.53. The van der Waals surface area contributed by atoms with Gasteiger partial charge < -0.3 is 26.0 Å². The molecule has 0 bridgehead atoms. The van der Waals surface area contributed by atoms with Crippen molar-refractivity contribution in [1.29, 1.82) is 0 Å². The van der Waals surface area contributed by atoms with E-state index < -0.39 is 6.01 Å². The van der Waals surface area contributed by atoms with E-state index in [1.165, 1.54) is 0 Å². The highest BCUT2D eigenvalue weighted by Gasteiger charge is 2.17. The molecule has 5 N–H and O–H groups in total. The molecule has 55 heavy (non-hydrogen) atoms. The normalized spacial score (nSPS) is 12.3. The zero-order chi connectivity index (χ0) is 38.9. The maximum absolute atomic E-state index is 10.6. The predicted octanol–water partition coefficient (Wildman–Crippen LogP) is 10.0. The van der Waals surface area contributed by atoms with E-state index in [9.17, 15) is 15.3 Å². The van der Waals surface area contributed by atoms with Crippen LogP contribution < -0.4 is 19.6 Å². The van der Waals surface area contributed by atoms with E-state index >= 15 is 0 Å². The van der Waals surface area contributed by atoms with E-state index in [-0.39, 0.29) is 23.4 Å². The molecule has 0 saturated carbocycles. The van der Waals surface area contributed by atoms with Crippen molar-refractivity contribution < 1.29 is 15.3 Å². The SMILES string of the molecule is C[N+](C)(C)c1ccc2ccc(O)c(/N=N/c3ccc(Nc4nc(O)nc(Nc5ccc(/N=N/c6c(O)ccc7ccc([N+](C)(C)C)cc67)cc5)n4)cc3)c2c1. The van der Waals surface area contributed by atoms with Crippen LogP contribution in [0.25, 0.3) is 21.5 Å². The number of nitrogens with zero attached hydrogens (tertiary/aromatic N) is 9. The number of phenols is 2. The molecule has 6 aromatic carbocycles. The first-order valence-electron chi connectivity index (χ1n) is 17.4. The van der Waals surface area contributed by atoms with Gasteiger partial charge in [0.05, 0.1) is 53.7 Å². The summed E-state index contributed by atoms with van der Waals surface area (Å²) in [6.45, 7) is 0. The maximum Gasteiger partial charge on any atom is 0.320 e. The van der Waals surface area contributed by atoms with Crippen LogP contribution >= 0.6 is 0 Å². The van der Waals surface area contributed by atoms with Crippen LogP contribution in [0.4, 0.5) is 57.4 Å². The molecular formula is C41H41N11O3+2. The van der Waals surface area contributed by atoms with Gasteiger partial charge >= 0.3 is 6.01 Å². The summed E-state index contributed by atoms with van der Waals surface area (Å²) >= 11 is 0. The Morgan fingerprint density at radius 1 is 0.455 bits per heavy atom. The first-order chi connectivity index (χ1) is 26.2. The average molecular weight is 736 g/mol. The molecule has 0 amide bonds. The summed E-state index contributed by atoms with van der Waals surface area (Å²) in [6, 6.07) is 32.8. The highest BCUT2D eigenvalue weighted by atomic mass is 16.3. The molecule has 7 rings (SSSR count). The lowest BCUT2D eigenvalue weighted by Gasteiger charge is -2.23. The molecule has 14 nitrogen and oxygen atoms in total. The van der Waals surface area contributed by atoms with Gasteiger partial charge in [0.1, 0.15) is 34.2 Å². The minimum absolute atomic E-state index is 0.0425. The minimum atomic E-state index is -0.470. The molecule has 0 aliphatic carbocycles. The smallest absolute Gasteiger partial charge is 0.320 e. The number of anilines is 4. The van der Waals surface area contributed by atoms with Crippen molar-refractivity contribution in [3.05, 3.63) is 109 Å². The molecule has 1 aromatic heterocycles. The zero-order valence-electron chi connectivity index (χ0n) is 31.3. The second-order valence-electron chi connectivity index (χ2n) is 14.7. The number of hydrogen-bond acceptors (Lipinski definition) is 12. The second kappa shape index (κ2) is 14.4. The molecule has 276 valence electrons. The van der Waals surface area contributed by atoms with E-state index in [0.717, 1.165) is 32.9 Å². The highest BCUT2D eigenvalue weighted by molar-refractivity contribution is 5.98. The molecule has 0 spiro atoms. The summed E-state index contributed by atoms with van der Waals surface area (Å²) in [4.78, 5) is 12.4. The summed E-state index contributed by atoms with van der Waals surface area (Å²) in [5, 5.41) is 58.8. The van der Waals surface area contributed by atoms with Crippen LogP contribution in [0.2, 0.25) is 0 Å². The fourth-order valence-corrected chi connectivity index (χ4v) is 5.78. The lowest BCUT2D eigenvalue weighted by molar-refractivity contribution is 0.430. The van der Waals surface area contributed by atoms with Gasteiger partial charge in [-0.15, -0.1) is 10.2 Å². The van der Waals surface area contributed by atoms with E-state index in [2.05, 4.69) is 100 Å². The number of aromatic hydroxyl groups is 3. The Balaban J connectivity index is 1.03. The van der Waals surface area contributed by atoms with Gasteiger partial charge in [-0.25, -0.2) is 0 Å². The van der Waals surface area contributed by atoms with Crippen molar-refractivity contribution >= 4 is 78.9 Å². The number of benzene rings is 6. The number of nitrogens with one attached hydrogen (secondary N) is 2. The Bertz CT molecular complexity index is 2420. The lowest BCUT2D eigenvalue weighted by atomic mass is 10.1. The van der Waals surface area contributed by atoms with Crippen LogP contribution in [0.15, 0.2) is 130 Å². The standard InChI is InChI=1S/C41H39N11O3/c1-51(2,3)31-19-7-25-9-21-35(53)37(33(25)23-31)49-47-29-15-11-27(12-16-29)42-39-44-40(46-41(55)45-39)43-28-13-17-30(18-14-28)48-50-38-34-24-32(52(4,5)6)20-8-26(34)10-22-36(38)54/h7-24H,1-6H3,(H3-2,42,43,44,45,46,47,48,49,50,53,54,55)/p+2. The molecule has 0 aliphatic heterocycles. The number of fused-ring (bicyclic) bond motifs is 2. The summed E-state index contributed by atoms with van der Waals surface area (Å²) in [5.41, 5.74) is 5.33. The van der Waals surface area contributed by atoms with Crippen molar-refractivity contribution in [2.45, 2.75) is 0 Å². The molecule has 7 aromatic rings. The topological polar surface area (TPSA) is 173 Å². The zero-order valence-corrected chi connectivity index (χ0v) is 31.3. The van der Waals surface area contributed by atoms with Gasteiger partial charge in [0.15, 0.2) is 0 Å². The third-order valence-electron chi connectivity index (χ3n) is 8.86. The first kappa shape index (κ1) is 36.3. The molecular weight excluding hydrogens is 695 g/mol. The van der Waals surface area contributed by atoms with Crippen LogP contribution in [0.5, 0.6) is 17.5 Å². The van der Waals surface area contributed by atoms with Crippen molar-refractivity contribution in [2.24, 2.45) is 20.5 Å². The molecule has 1 heterocycles. The van der Waals surface area contributed by atoms with Gasteiger partial charge in [0.25, 0.3) is 0 Å². The summed E-state index contributed by atoms with van der Waals surface area (Å²) in [6.07, 6.45) is 0. The quantitative estimate of drug-likeness (QED) is 0.0682. The monoisotopic (exact) mass is 735 g/mol. The maximum atomic E-state index is 10.6.